The first-order valence-electron chi connectivity index (χ1n) is 6.17. The molecule has 0 bridgehead atoms. The lowest BCUT2D eigenvalue weighted by molar-refractivity contribution is 0.146. The van der Waals surface area contributed by atoms with Crippen LogP contribution in [0.4, 0.5) is 4.79 Å². The Morgan fingerprint density at radius 3 is 2.50 bits per heavy atom. The van der Waals surface area contributed by atoms with Gasteiger partial charge in [-0.2, -0.15) is 0 Å². The van der Waals surface area contributed by atoms with Gasteiger partial charge in [-0.3, -0.25) is 5.43 Å². The van der Waals surface area contributed by atoms with E-state index in [4.69, 9.17) is 4.74 Å². The molecule has 0 aromatic heterocycles. The Morgan fingerprint density at radius 1 is 1.22 bits per heavy atom. The van der Waals surface area contributed by atoms with Gasteiger partial charge in [0.05, 0.1) is 6.61 Å². The first kappa shape index (κ1) is 14.7. The Kier molecular flexibility index (Phi) is 5.87. The van der Waals surface area contributed by atoms with Gasteiger partial charge in [0.2, 0.25) is 0 Å². The minimum Gasteiger partial charge on any atom is -0.449 e. The topological polar surface area (TPSA) is 50.4 Å². The molecule has 0 saturated heterocycles. The number of amides is 1. The van der Waals surface area contributed by atoms with E-state index in [9.17, 15) is 4.79 Å². The monoisotopic (exact) mass is 266 g/mol. The SMILES string of the molecule is C[Si](C)(C)CCOC(=O)NNCc1ccccc1. The predicted octanol–water partition coefficient (Wildman–Crippen LogP) is 2.76. The van der Waals surface area contributed by atoms with Gasteiger partial charge in [0.25, 0.3) is 0 Å². The summed E-state index contributed by atoms with van der Waals surface area (Å²) in [5.41, 5.74) is 6.47. The highest BCUT2D eigenvalue weighted by molar-refractivity contribution is 6.76. The molecule has 1 aromatic rings. The summed E-state index contributed by atoms with van der Waals surface area (Å²) in [5.74, 6) is 0. The molecule has 0 aliphatic heterocycles. The Morgan fingerprint density at radius 2 is 1.89 bits per heavy atom. The second kappa shape index (κ2) is 7.18. The van der Waals surface area contributed by atoms with Gasteiger partial charge in [-0.15, -0.1) is 0 Å². The molecule has 0 atom stereocenters. The summed E-state index contributed by atoms with van der Waals surface area (Å²) >= 11 is 0. The smallest absolute Gasteiger partial charge is 0.421 e. The molecule has 0 fully saturated rings. The van der Waals surface area contributed by atoms with E-state index >= 15 is 0 Å². The number of rotatable bonds is 6. The zero-order chi connectivity index (χ0) is 13.4. The Bertz CT molecular complexity index is 363. The largest absolute Gasteiger partial charge is 0.449 e. The van der Waals surface area contributed by atoms with Gasteiger partial charge in [-0.25, -0.2) is 10.2 Å². The molecule has 0 saturated carbocycles. The minimum absolute atomic E-state index is 0.413. The van der Waals surface area contributed by atoms with Crippen LogP contribution >= 0.6 is 0 Å². The third kappa shape index (κ3) is 7.08. The van der Waals surface area contributed by atoms with Crippen LogP contribution < -0.4 is 10.9 Å². The zero-order valence-electron chi connectivity index (χ0n) is 11.3. The summed E-state index contributed by atoms with van der Waals surface area (Å²) in [6, 6.07) is 10.9. The van der Waals surface area contributed by atoms with Crippen molar-refractivity contribution in [2.24, 2.45) is 0 Å². The molecule has 0 radical (unpaired) electrons. The van der Waals surface area contributed by atoms with Crippen LogP contribution in [0.5, 0.6) is 0 Å². The van der Waals surface area contributed by atoms with Crippen LogP contribution in [0.2, 0.25) is 25.7 Å². The van der Waals surface area contributed by atoms with Gasteiger partial charge in [-0.1, -0.05) is 50.0 Å². The maximum atomic E-state index is 11.3. The highest BCUT2D eigenvalue weighted by Gasteiger charge is 2.13. The number of carbonyl (C=O) groups excluding carboxylic acids is 1. The number of hydrogen-bond acceptors (Lipinski definition) is 3. The fourth-order valence-electron chi connectivity index (χ4n) is 1.30. The number of ether oxygens (including phenoxy) is 1. The van der Waals surface area contributed by atoms with Crippen LogP contribution in [0.25, 0.3) is 0 Å². The molecule has 0 spiro atoms. The molecule has 0 aliphatic carbocycles. The Hall–Kier alpha value is -1.33. The first-order valence-corrected chi connectivity index (χ1v) is 9.88. The molecule has 0 unspecified atom stereocenters. The van der Waals surface area contributed by atoms with E-state index in [0.29, 0.717) is 13.2 Å². The highest BCUT2D eigenvalue weighted by atomic mass is 28.3. The summed E-state index contributed by atoms with van der Waals surface area (Å²) in [4.78, 5) is 11.3. The Balaban J connectivity index is 2.11. The number of hydrazine groups is 1. The second-order valence-electron chi connectivity index (χ2n) is 5.41. The molecule has 5 heteroatoms. The minimum atomic E-state index is -1.13. The van der Waals surface area contributed by atoms with Crippen LogP contribution in [-0.2, 0) is 11.3 Å². The fraction of sp³-hybridized carbons (Fsp3) is 0.462. The standard InChI is InChI=1S/C13H22N2O2Si/c1-18(2,3)10-9-17-13(16)15-14-11-12-7-5-4-6-8-12/h4-8,14H,9-11H2,1-3H3,(H,15,16). The highest BCUT2D eigenvalue weighted by Crippen LogP contribution is 2.07. The molecule has 4 nitrogen and oxygen atoms in total. The molecule has 1 amide bonds. The zero-order valence-corrected chi connectivity index (χ0v) is 12.3. The third-order valence-corrected chi connectivity index (χ3v) is 4.12. The van der Waals surface area contributed by atoms with Crippen molar-refractivity contribution in [1.29, 1.82) is 0 Å². The molecular weight excluding hydrogens is 244 g/mol. The van der Waals surface area contributed by atoms with Gasteiger partial charge in [0.15, 0.2) is 0 Å². The van der Waals surface area contributed by atoms with E-state index in [1.165, 1.54) is 0 Å². The van der Waals surface area contributed by atoms with Crippen molar-refractivity contribution in [3.63, 3.8) is 0 Å². The molecule has 0 heterocycles. The molecular formula is C13H22N2O2Si. The quantitative estimate of drug-likeness (QED) is 0.615. The maximum absolute atomic E-state index is 11.3. The van der Waals surface area contributed by atoms with Gasteiger partial charge in [0.1, 0.15) is 0 Å². The van der Waals surface area contributed by atoms with Crippen molar-refractivity contribution in [1.82, 2.24) is 10.9 Å². The normalized spacial score (nSPS) is 11.1. The van der Waals surface area contributed by atoms with Crippen LogP contribution in [-0.4, -0.2) is 20.8 Å². The average molecular weight is 266 g/mol. The predicted molar refractivity (Wildman–Crippen MR) is 75.9 cm³/mol. The van der Waals surface area contributed by atoms with Crippen LogP contribution in [0.3, 0.4) is 0 Å². The Labute approximate surface area is 110 Å². The van der Waals surface area contributed by atoms with E-state index in [1.54, 1.807) is 0 Å². The van der Waals surface area contributed by atoms with Crippen molar-refractivity contribution in [3.8, 4) is 0 Å². The van der Waals surface area contributed by atoms with Gasteiger partial charge in [-0.05, 0) is 11.6 Å². The first-order chi connectivity index (χ1) is 8.47. The van der Waals surface area contributed by atoms with Crippen molar-refractivity contribution in [2.75, 3.05) is 6.61 Å². The van der Waals surface area contributed by atoms with Crippen LogP contribution in [0.1, 0.15) is 5.56 Å². The summed E-state index contributed by atoms with van der Waals surface area (Å²) in [7, 11) is -1.13. The number of nitrogens with one attached hydrogen (secondary N) is 2. The van der Waals surface area contributed by atoms with Crippen molar-refractivity contribution in [3.05, 3.63) is 35.9 Å². The maximum Gasteiger partial charge on any atom is 0.421 e. The summed E-state index contributed by atoms with van der Waals surface area (Å²) in [6.07, 6.45) is -0.413. The molecule has 100 valence electrons. The van der Waals surface area contributed by atoms with Gasteiger partial charge < -0.3 is 4.74 Å². The van der Waals surface area contributed by atoms with Crippen molar-refractivity contribution in [2.45, 2.75) is 32.2 Å². The number of hydrogen-bond donors (Lipinski definition) is 2. The molecule has 0 aliphatic rings. The van der Waals surface area contributed by atoms with Crippen LogP contribution in [0.15, 0.2) is 30.3 Å². The van der Waals surface area contributed by atoms with Gasteiger partial charge in [0, 0.05) is 14.6 Å². The molecule has 1 aromatic carbocycles. The van der Waals surface area contributed by atoms with E-state index in [2.05, 4.69) is 30.5 Å². The van der Waals surface area contributed by atoms with Crippen molar-refractivity contribution < 1.29 is 9.53 Å². The van der Waals surface area contributed by atoms with Crippen LogP contribution in [0, 0.1) is 0 Å². The summed E-state index contributed by atoms with van der Waals surface area (Å²) < 4.78 is 5.08. The lowest BCUT2D eigenvalue weighted by atomic mass is 10.2. The van der Waals surface area contributed by atoms with E-state index in [0.717, 1.165) is 11.6 Å². The third-order valence-electron chi connectivity index (χ3n) is 2.41. The average Bonchev–Trinajstić information content (AvgIpc) is 2.28. The van der Waals surface area contributed by atoms with E-state index in [1.807, 2.05) is 30.3 Å². The molecule has 2 N–H and O–H groups in total. The molecule has 18 heavy (non-hydrogen) atoms. The lowest BCUT2D eigenvalue weighted by Gasteiger charge is -2.15. The second-order valence-corrected chi connectivity index (χ2v) is 11.0. The summed E-state index contributed by atoms with van der Waals surface area (Å²) in [6.45, 7) is 7.84. The van der Waals surface area contributed by atoms with E-state index < -0.39 is 14.2 Å². The lowest BCUT2D eigenvalue weighted by Crippen LogP contribution is -2.37. The molecule has 1 rings (SSSR count). The van der Waals surface area contributed by atoms with Gasteiger partial charge >= 0.3 is 6.09 Å². The van der Waals surface area contributed by atoms with E-state index in [-0.39, 0.29) is 0 Å². The number of carbonyl (C=O) groups is 1. The number of benzene rings is 1. The van der Waals surface area contributed by atoms with Crippen molar-refractivity contribution >= 4 is 14.2 Å². The fourth-order valence-corrected chi connectivity index (χ4v) is 2.01. The summed E-state index contributed by atoms with van der Waals surface area (Å²) in [5, 5.41) is 0.